The van der Waals surface area contributed by atoms with Crippen molar-refractivity contribution in [2.45, 2.75) is 0 Å². The summed E-state index contributed by atoms with van der Waals surface area (Å²) in [7, 11) is 0. The average molecular weight is 608 g/mol. The van der Waals surface area contributed by atoms with Gasteiger partial charge in [0.05, 0.1) is 5.69 Å². The normalized spacial score (nSPS) is 12.0. The number of nitrogens with zero attached hydrogens (tertiary/aromatic N) is 1. The zero-order chi connectivity index (χ0) is 29.5. The molecule has 2 heterocycles. The molecule has 3 heteroatoms. The molecular weight excluding hydrogens is 583 g/mol. The summed E-state index contributed by atoms with van der Waals surface area (Å²) in [5, 5.41) is 13.1. The third-order valence-electron chi connectivity index (χ3n) is 9.20. The van der Waals surface area contributed by atoms with Gasteiger partial charge < -0.3 is 4.90 Å². The van der Waals surface area contributed by atoms with E-state index in [0.717, 1.165) is 11.4 Å². The van der Waals surface area contributed by atoms with E-state index in [0.29, 0.717) is 0 Å². The van der Waals surface area contributed by atoms with Gasteiger partial charge in [0.15, 0.2) is 0 Å². The zero-order valence-electron chi connectivity index (χ0n) is 24.2. The van der Waals surface area contributed by atoms with Crippen LogP contribution in [-0.4, -0.2) is 0 Å². The Morgan fingerprint density at radius 3 is 1.71 bits per heavy atom. The summed E-state index contributed by atoms with van der Waals surface area (Å²) in [5.74, 6) is 0. The van der Waals surface area contributed by atoms with Crippen LogP contribution in [0.15, 0.2) is 152 Å². The molecule has 210 valence electrons. The van der Waals surface area contributed by atoms with Gasteiger partial charge in [0, 0.05) is 51.7 Å². The van der Waals surface area contributed by atoms with Gasteiger partial charge in [-0.2, -0.15) is 0 Å². The largest absolute Gasteiger partial charge is 0.310 e. The van der Waals surface area contributed by atoms with Crippen LogP contribution < -0.4 is 4.90 Å². The molecule has 8 aromatic carbocycles. The third kappa shape index (κ3) is 3.72. The molecule has 2 aromatic heterocycles. The number of anilines is 3. The highest BCUT2D eigenvalue weighted by atomic mass is 32.1. The Hall–Kier alpha value is -5.22. The lowest BCUT2D eigenvalue weighted by molar-refractivity contribution is 1.31. The lowest BCUT2D eigenvalue weighted by Crippen LogP contribution is -2.10. The Balaban J connectivity index is 1.27. The van der Waals surface area contributed by atoms with Crippen molar-refractivity contribution >= 4 is 112 Å². The molecule has 0 N–H and O–H groups in total. The molecule has 0 bridgehead atoms. The molecule has 0 aliphatic carbocycles. The SMILES string of the molecule is c1ccc(N(c2ccc3c(ccc4ccc5ccc6sc7ccccc7c6c5c43)c2)c2cccc3sc4ccccc4c23)cc1. The molecule has 10 rings (SSSR count). The summed E-state index contributed by atoms with van der Waals surface area (Å²) in [6, 6.07) is 55.9. The number of fused-ring (bicyclic) bond motifs is 12. The molecule has 1 nitrogen and oxygen atoms in total. The van der Waals surface area contributed by atoms with Crippen molar-refractivity contribution in [3.63, 3.8) is 0 Å². The van der Waals surface area contributed by atoms with E-state index < -0.39 is 0 Å². The number of hydrogen-bond acceptors (Lipinski definition) is 3. The van der Waals surface area contributed by atoms with Gasteiger partial charge in [-0.3, -0.25) is 0 Å². The van der Waals surface area contributed by atoms with E-state index >= 15 is 0 Å². The summed E-state index contributed by atoms with van der Waals surface area (Å²) >= 11 is 3.75. The van der Waals surface area contributed by atoms with E-state index in [1.807, 2.05) is 22.7 Å². The van der Waals surface area contributed by atoms with Gasteiger partial charge in [-0.25, -0.2) is 0 Å². The first-order chi connectivity index (χ1) is 22.3. The van der Waals surface area contributed by atoms with Crippen molar-refractivity contribution < 1.29 is 0 Å². The molecule has 45 heavy (non-hydrogen) atoms. The summed E-state index contributed by atoms with van der Waals surface area (Å²) in [6.45, 7) is 0. The molecule has 0 aliphatic heterocycles. The molecule has 0 amide bonds. The maximum absolute atomic E-state index is 2.43. The highest BCUT2D eigenvalue weighted by Gasteiger charge is 2.19. The van der Waals surface area contributed by atoms with E-state index in [-0.39, 0.29) is 0 Å². The van der Waals surface area contributed by atoms with Crippen LogP contribution in [-0.2, 0) is 0 Å². The van der Waals surface area contributed by atoms with Gasteiger partial charge >= 0.3 is 0 Å². The smallest absolute Gasteiger partial charge is 0.0554 e. The Kier molecular flexibility index (Phi) is 5.39. The fourth-order valence-corrected chi connectivity index (χ4v) is 9.50. The predicted octanol–water partition coefficient (Wildman–Crippen LogP) is 13.4. The van der Waals surface area contributed by atoms with Crippen molar-refractivity contribution in [3.05, 3.63) is 152 Å². The summed E-state index contributed by atoms with van der Waals surface area (Å²) in [5.41, 5.74) is 3.51. The van der Waals surface area contributed by atoms with Crippen LogP contribution in [0, 0.1) is 0 Å². The second-order valence-corrected chi connectivity index (χ2v) is 13.9. The standard InChI is InChI=1S/C42H25NS2/c1-2-9-29(10-3-1)43(34-13-8-16-37-41(34)32-11-4-6-14-35(32)44-37)30-22-23-31-28(25-30)20-19-26-17-18-27-21-24-38-42(40(27)39(26)31)33-12-5-7-15-36(33)45-38/h1-25H. The van der Waals surface area contributed by atoms with Crippen LogP contribution in [0.2, 0.25) is 0 Å². The Morgan fingerprint density at radius 1 is 0.333 bits per heavy atom. The lowest BCUT2D eigenvalue weighted by atomic mass is 9.93. The van der Waals surface area contributed by atoms with Crippen molar-refractivity contribution in [1.82, 2.24) is 0 Å². The van der Waals surface area contributed by atoms with Gasteiger partial charge in [-0.15, -0.1) is 22.7 Å². The van der Waals surface area contributed by atoms with Crippen LogP contribution in [0.4, 0.5) is 17.1 Å². The molecule has 0 fully saturated rings. The topological polar surface area (TPSA) is 3.24 Å². The van der Waals surface area contributed by atoms with Crippen LogP contribution in [0.25, 0.3) is 72.7 Å². The first-order valence-electron chi connectivity index (χ1n) is 15.3. The molecule has 10 aromatic rings. The number of rotatable bonds is 3. The van der Waals surface area contributed by atoms with Crippen LogP contribution in [0.3, 0.4) is 0 Å². The number of hydrogen-bond donors (Lipinski definition) is 0. The van der Waals surface area contributed by atoms with Crippen LogP contribution in [0.1, 0.15) is 0 Å². The zero-order valence-corrected chi connectivity index (χ0v) is 25.8. The maximum Gasteiger partial charge on any atom is 0.0554 e. The second-order valence-electron chi connectivity index (χ2n) is 11.7. The van der Waals surface area contributed by atoms with E-state index in [1.54, 1.807) is 0 Å². The molecule has 0 aliphatic rings. The molecule has 0 spiro atoms. The molecule has 0 radical (unpaired) electrons. The fraction of sp³-hybridized carbons (Fsp3) is 0. The number of benzene rings is 8. The van der Waals surface area contributed by atoms with Gasteiger partial charge in [0.1, 0.15) is 0 Å². The van der Waals surface area contributed by atoms with E-state index in [4.69, 9.17) is 0 Å². The van der Waals surface area contributed by atoms with Gasteiger partial charge in [-0.1, -0.05) is 97.1 Å². The van der Waals surface area contributed by atoms with E-state index in [1.165, 1.54) is 78.3 Å². The first-order valence-corrected chi connectivity index (χ1v) is 16.9. The van der Waals surface area contributed by atoms with E-state index in [2.05, 4.69) is 157 Å². The summed E-state index contributed by atoms with van der Waals surface area (Å²) < 4.78 is 5.31. The highest BCUT2D eigenvalue weighted by Crippen LogP contribution is 2.47. The fourth-order valence-electron chi connectivity index (χ4n) is 7.26. The third-order valence-corrected chi connectivity index (χ3v) is 11.5. The first kappa shape index (κ1) is 25.1. The van der Waals surface area contributed by atoms with Crippen molar-refractivity contribution in [3.8, 4) is 0 Å². The molecular formula is C42H25NS2. The van der Waals surface area contributed by atoms with Gasteiger partial charge in [0.2, 0.25) is 0 Å². The highest BCUT2D eigenvalue weighted by molar-refractivity contribution is 7.26. The minimum absolute atomic E-state index is 1.15. The minimum Gasteiger partial charge on any atom is -0.310 e. The van der Waals surface area contributed by atoms with Crippen molar-refractivity contribution in [1.29, 1.82) is 0 Å². The average Bonchev–Trinajstić information content (AvgIpc) is 3.67. The van der Waals surface area contributed by atoms with Gasteiger partial charge in [-0.05, 0) is 86.9 Å². The Labute approximate surface area is 267 Å². The Morgan fingerprint density at radius 2 is 0.933 bits per heavy atom. The molecule has 0 saturated carbocycles. The second kappa shape index (κ2) is 9.64. The summed E-state index contributed by atoms with van der Waals surface area (Å²) in [4.78, 5) is 2.43. The molecule has 0 saturated heterocycles. The minimum atomic E-state index is 1.15. The van der Waals surface area contributed by atoms with E-state index in [9.17, 15) is 0 Å². The Bertz CT molecular complexity index is 2770. The summed E-state index contributed by atoms with van der Waals surface area (Å²) in [6.07, 6.45) is 0. The van der Waals surface area contributed by atoms with Crippen molar-refractivity contribution in [2.75, 3.05) is 4.90 Å². The van der Waals surface area contributed by atoms with Crippen molar-refractivity contribution in [2.24, 2.45) is 0 Å². The quantitative estimate of drug-likeness (QED) is 0.181. The van der Waals surface area contributed by atoms with Gasteiger partial charge in [0.25, 0.3) is 0 Å². The molecule has 0 unspecified atom stereocenters. The predicted molar refractivity (Wildman–Crippen MR) is 199 cm³/mol. The monoisotopic (exact) mass is 607 g/mol. The molecule has 0 atom stereocenters. The number of para-hydroxylation sites is 1. The maximum atomic E-state index is 2.43. The number of thiophene rings is 2. The van der Waals surface area contributed by atoms with Crippen LogP contribution in [0.5, 0.6) is 0 Å². The lowest BCUT2D eigenvalue weighted by Gasteiger charge is -2.27. The van der Waals surface area contributed by atoms with Crippen LogP contribution >= 0.6 is 22.7 Å².